The normalized spacial score (nSPS) is 11.5. The van der Waals surface area contributed by atoms with E-state index in [2.05, 4.69) is 24.0 Å². The van der Waals surface area contributed by atoms with E-state index in [0.29, 0.717) is 5.75 Å². The van der Waals surface area contributed by atoms with Crippen molar-refractivity contribution in [2.75, 3.05) is 0 Å². The molecule has 144 valence electrons. The second-order valence-electron chi connectivity index (χ2n) is 6.34. The van der Waals surface area contributed by atoms with Gasteiger partial charge in [-0.2, -0.15) is 0 Å². The van der Waals surface area contributed by atoms with Gasteiger partial charge in [0.25, 0.3) is 0 Å². The summed E-state index contributed by atoms with van der Waals surface area (Å²) in [6, 6.07) is 7.83. The Labute approximate surface area is 181 Å². The Morgan fingerprint density at radius 1 is 1.07 bits per heavy atom. The summed E-state index contributed by atoms with van der Waals surface area (Å²) in [6.45, 7) is 6.21. The van der Waals surface area contributed by atoms with Crippen LogP contribution in [0.1, 0.15) is 22.1 Å². The number of nitrogens with zero attached hydrogens (tertiary/aromatic N) is 5. The first-order valence-corrected chi connectivity index (χ1v) is 11.6. The molecule has 0 amide bonds. The number of aromatic nitrogens is 5. The van der Waals surface area contributed by atoms with Gasteiger partial charge in [0.05, 0.1) is 5.75 Å². The van der Waals surface area contributed by atoms with Crippen molar-refractivity contribution in [3.05, 3.63) is 51.4 Å². The van der Waals surface area contributed by atoms with E-state index in [0.717, 1.165) is 42.0 Å². The maximum Gasteiger partial charge on any atom is 0.197 e. The molecule has 28 heavy (non-hydrogen) atoms. The molecule has 0 atom stereocenters. The minimum Gasteiger partial charge on any atom is -0.309 e. The van der Waals surface area contributed by atoms with E-state index in [1.807, 2.05) is 42.8 Å². The zero-order valence-corrected chi connectivity index (χ0v) is 19.1. The first kappa shape index (κ1) is 19.7. The number of aryl methyl sites for hydroxylation is 3. The van der Waals surface area contributed by atoms with Gasteiger partial charge < -0.3 is 4.57 Å². The number of thiophene rings is 1. The highest BCUT2D eigenvalue weighted by Gasteiger charge is 2.18. The van der Waals surface area contributed by atoms with Crippen LogP contribution in [0.25, 0.3) is 10.2 Å². The fourth-order valence-corrected chi connectivity index (χ4v) is 5.65. The standard InChI is InChI=1S/C19H18ClN5S3/c1-10-11(2)27-17-16(10)18(28-19-24-23-12(3)25(19)4)22-15(21-17)9-26-14-7-5-13(20)6-8-14/h5-8H,9H2,1-4H3. The lowest BCUT2D eigenvalue weighted by atomic mass is 10.2. The molecule has 0 unspecified atom stereocenters. The van der Waals surface area contributed by atoms with Gasteiger partial charge >= 0.3 is 0 Å². The molecule has 3 heterocycles. The zero-order valence-electron chi connectivity index (χ0n) is 15.9. The van der Waals surface area contributed by atoms with Gasteiger partial charge in [0.1, 0.15) is 21.5 Å². The highest BCUT2D eigenvalue weighted by atomic mass is 35.5. The van der Waals surface area contributed by atoms with E-state index in [1.165, 1.54) is 10.4 Å². The Balaban J connectivity index is 1.69. The predicted octanol–water partition coefficient (Wildman–Crippen LogP) is 5.84. The highest BCUT2D eigenvalue weighted by molar-refractivity contribution is 7.99. The molecule has 9 heteroatoms. The van der Waals surface area contributed by atoms with Crippen LogP contribution in [0, 0.1) is 20.8 Å². The topological polar surface area (TPSA) is 56.5 Å². The molecule has 0 fully saturated rings. The molecule has 0 saturated heterocycles. The fourth-order valence-electron chi connectivity index (χ4n) is 2.64. The van der Waals surface area contributed by atoms with Crippen molar-refractivity contribution in [3.63, 3.8) is 0 Å². The fraction of sp³-hybridized carbons (Fsp3) is 0.263. The van der Waals surface area contributed by atoms with E-state index in [4.69, 9.17) is 21.6 Å². The SMILES string of the molecule is Cc1sc2nc(CSc3ccc(Cl)cc3)nc(Sc3nnc(C)n3C)c2c1C. The lowest BCUT2D eigenvalue weighted by Crippen LogP contribution is -1.98. The summed E-state index contributed by atoms with van der Waals surface area (Å²) in [6.07, 6.45) is 0. The Morgan fingerprint density at radius 3 is 2.50 bits per heavy atom. The second-order valence-corrected chi connectivity index (χ2v) is 9.99. The highest BCUT2D eigenvalue weighted by Crippen LogP contribution is 2.38. The summed E-state index contributed by atoms with van der Waals surface area (Å²) in [5.74, 6) is 2.39. The average Bonchev–Trinajstić information content (AvgIpc) is 3.14. The lowest BCUT2D eigenvalue weighted by molar-refractivity contribution is 0.764. The van der Waals surface area contributed by atoms with Crippen LogP contribution in [0.15, 0.2) is 39.3 Å². The van der Waals surface area contributed by atoms with Crippen molar-refractivity contribution in [3.8, 4) is 0 Å². The van der Waals surface area contributed by atoms with Crippen LogP contribution in [0.5, 0.6) is 0 Å². The minimum absolute atomic E-state index is 0.693. The van der Waals surface area contributed by atoms with Gasteiger partial charge in [0.15, 0.2) is 5.16 Å². The second kappa shape index (κ2) is 8.02. The zero-order chi connectivity index (χ0) is 19.8. The van der Waals surface area contributed by atoms with Crippen molar-refractivity contribution < 1.29 is 0 Å². The molecule has 0 spiro atoms. The first-order chi connectivity index (χ1) is 13.4. The van der Waals surface area contributed by atoms with Gasteiger partial charge in [-0.3, -0.25) is 0 Å². The van der Waals surface area contributed by atoms with E-state index < -0.39 is 0 Å². The van der Waals surface area contributed by atoms with Crippen molar-refractivity contribution in [2.24, 2.45) is 7.05 Å². The Morgan fingerprint density at radius 2 is 1.82 bits per heavy atom. The Hall–Kier alpha value is -1.61. The van der Waals surface area contributed by atoms with E-state index in [9.17, 15) is 0 Å². The van der Waals surface area contributed by atoms with Crippen molar-refractivity contribution in [1.29, 1.82) is 0 Å². The predicted molar refractivity (Wildman–Crippen MR) is 118 cm³/mol. The molecule has 3 aromatic heterocycles. The van der Waals surface area contributed by atoms with Crippen molar-refractivity contribution in [1.82, 2.24) is 24.7 Å². The van der Waals surface area contributed by atoms with E-state index >= 15 is 0 Å². The maximum absolute atomic E-state index is 5.98. The smallest absolute Gasteiger partial charge is 0.197 e. The van der Waals surface area contributed by atoms with Gasteiger partial charge in [-0.05, 0) is 62.4 Å². The number of hydrogen-bond acceptors (Lipinski definition) is 7. The van der Waals surface area contributed by atoms with Crippen LogP contribution in [0.2, 0.25) is 5.02 Å². The average molecular weight is 448 g/mol. The quantitative estimate of drug-likeness (QED) is 0.283. The molecule has 4 rings (SSSR count). The first-order valence-electron chi connectivity index (χ1n) is 8.61. The number of hydrogen-bond donors (Lipinski definition) is 0. The van der Waals surface area contributed by atoms with Crippen molar-refractivity contribution in [2.45, 2.75) is 41.6 Å². The molecule has 4 aromatic rings. The van der Waals surface area contributed by atoms with E-state index in [1.54, 1.807) is 34.9 Å². The Bertz CT molecular complexity index is 1150. The molecule has 1 aromatic carbocycles. The molecular weight excluding hydrogens is 430 g/mol. The third-order valence-electron chi connectivity index (χ3n) is 4.46. The molecule has 0 aliphatic rings. The van der Waals surface area contributed by atoms with E-state index in [-0.39, 0.29) is 0 Å². The summed E-state index contributed by atoms with van der Waals surface area (Å²) in [4.78, 5) is 13.1. The number of benzene rings is 1. The summed E-state index contributed by atoms with van der Waals surface area (Å²) >= 11 is 10.9. The van der Waals surface area contributed by atoms with Gasteiger partial charge in [-0.15, -0.1) is 33.3 Å². The van der Waals surface area contributed by atoms with Gasteiger partial charge in [0, 0.05) is 27.2 Å². The van der Waals surface area contributed by atoms with Gasteiger partial charge in [0.2, 0.25) is 0 Å². The maximum atomic E-state index is 5.98. The monoisotopic (exact) mass is 447 g/mol. The molecule has 0 aliphatic heterocycles. The molecule has 0 aliphatic carbocycles. The van der Waals surface area contributed by atoms with Gasteiger partial charge in [-0.25, -0.2) is 9.97 Å². The third kappa shape index (κ3) is 3.91. The number of fused-ring (bicyclic) bond motifs is 1. The number of rotatable bonds is 5. The minimum atomic E-state index is 0.693. The molecule has 0 saturated carbocycles. The molecule has 5 nitrogen and oxygen atoms in total. The van der Waals surface area contributed by atoms with Gasteiger partial charge in [-0.1, -0.05) is 11.6 Å². The summed E-state index contributed by atoms with van der Waals surface area (Å²) in [5.41, 5.74) is 1.23. The molecule has 0 N–H and O–H groups in total. The van der Waals surface area contributed by atoms with Crippen LogP contribution in [-0.2, 0) is 12.8 Å². The van der Waals surface area contributed by atoms with Crippen LogP contribution in [0.3, 0.4) is 0 Å². The number of halogens is 1. The summed E-state index contributed by atoms with van der Waals surface area (Å²) in [5, 5.41) is 12.1. The van der Waals surface area contributed by atoms with Crippen LogP contribution in [-0.4, -0.2) is 24.7 Å². The van der Waals surface area contributed by atoms with Crippen molar-refractivity contribution >= 4 is 56.7 Å². The number of thioether (sulfide) groups is 1. The third-order valence-corrected chi connectivity index (χ3v) is 7.85. The molecule has 0 radical (unpaired) electrons. The summed E-state index contributed by atoms with van der Waals surface area (Å²) in [7, 11) is 1.97. The molecule has 0 bridgehead atoms. The summed E-state index contributed by atoms with van der Waals surface area (Å²) < 4.78 is 1.98. The largest absolute Gasteiger partial charge is 0.309 e. The molecular formula is C19H18ClN5S3. The van der Waals surface area contributed by atoms with Crippen LogP contribution >= 0.6 is 46.5 Å². The van der Waals surface area contributed by atoms with Crippen LogP contribution < -0.4 is 0 Å². The van der Waals surface area contributed by atoms with Crippen LogP contribution in [0.4, 0.5) is 0 Å². The lowest BCUT2D eigenvalue weighted by Gasteiger charge is -2.07. The Kier molecular flexibility index (Phi) is 5.64.